The van der Waals surface area contributed by atoms with Gasteiger partial charge in [0, 0.05) is 6.42 Å². The van der Waals surface area contributed by atoms with Crippen LogP contribution in [0.2, 0.25) is 0 Å². The van der Waals surface area contributed by atoms with Gasteiger partial charge in [-0.1, -0.05) is 116 Å². The molecule has 0 saturated carbocycles. The smallest absolute Gasteiger partial charge is 0.305 e. The van der Waals surface area contributed by atoms with Crippen LogP contribution in [0.5, 0.6) is 0 Å². The minimum absolute atomic E-state index is 0.154. The summed E-state index contributed by atoms with van der Waals surface area (Å²) in [5.74, 6) is -1.95. The molecule has 8 heteroatoms. The lowest BCUT2D eigenvalue weighted by Crippen LogP contribution is -2.44. The lowest BCUT2D eigenvalue weighted by Gasteiger charge is -2.26. The summed E-state index contributed by atoms with van der Waals surface area (Å²) in [4.78, 5) is 23.1. The van der Waals surface area contributed by atoms with Crippen LogP contribution < -0.4 is 5.11 Å². The van der Waals surface area contributed by atoms with Gasteiger partial charge in [0.2, 0.25) is 0 Å². The molecule has 0 fully saturated rings. The van der Waals surface area contributed by atoms with Crippen LogP contribution in [0.25, 0.3) is 0 Å². The number of carbonyl (C=O) groups excluding carboxylic acids is 2. The molecule has 1 N–H and O–H groups in total. The van der Waals surface area contributed by atoms with E-state index in [-0.39, 0.29) is 26.2 Å². The summed E-state index contributed by atoms with van der Waals surface area (Å²) in [5.41, 5.74) is 0. The molecule has 280 valence electrons. The number of nitrogens with zero attached hydrogens (tertiary/aromatic N) is 1. The number of aliphatic carboxylic acids is 1. The fraction of sp³-hybridized carbons (Fsp3) is 0.524. The molecular formula is C42H65NO7. The number of unbranched alkanes of at least 4 members (excludes halogenated alkanes) is 1. The van der Waals surface area contributed by atoms with Crippen molar-refractivity contribution in [3.8, 4) is 0 Å². The predicted octanol–water partition coefficient (Wildman–Crippen LogP) is 7.41. The topological polar surface area (TPSA) is 105 Å². The molecule has 2 atom stereocenters. The molecule has 0 aromatic carbocycles. The number of rotatable bonds is 31. The third-order valence-corrected chi connectivity index (χ3v) is 6.77. The largest absolute Gasteiger partial charge is 0.545 e. The molecule has 50 heavy (non-hydrogen) atoms. The number of aliphatic hydroxyl groups excluding tert-OH is 1. The number of carboxylic acids is 1. The summed E-state index contributed by atoms with van der Waals surface area (Å²) >= 11 is 0. The first-order valence-corrected chi connectivity index (χ1v) is 18.1. The number of likely N-dealkylation sites (N-methyl/N-ethyl adjacent to an activating group) is 1. The second-order valence-corrected chi connectivity index (χ2v) is 12.6. The first kappa shape index (κ1) is 46.4. The number of ether oxygens (including phenoxy) is 3. The van der Waals surface area contributed by atoms with E-state index in [2.05, 4.69) is 110 Å². The highest BCUT2D eigenvalue weighted by Gasteiger charge is 2.17. The standard InChI is InChI=1S/C42H65NO7/c1-5-6-7-8-9-10-11-12-13-14-15-16-17-18-19-20-21-22-23-24-25-26-27-28-29-30-31-32-33-34-40(45)49-37-39(44)38-50-42(41(46)47)48-36-35-43(2,3)4/h6-7,9-10,12-13,15-16,18-19,21-22,24-25,27-28,30-31,39,42,44H,5,8,11,14,17,20,23,26,29,32-38H2,1-4H3/b7-6-,10-9-,13-12-,16-15-,19-18-,22-21-,25-24-,28-27-,31-30-. The van der Waals surface area contributed by atoms with Crippen molar-refractivity contribution in [3.05, 3.63) is 109 Å². The van der Waals surface area contributed by atoms with Gasteiger partial charge in [-0.25, -0.2) is 0 Å². The Balaban J connectivity index is 3.79. The maximum atomic E-state index is 11.9. The lowest BCUT2D eigenvalue weighted by atomic mass is 10.2. The van der Waals surface area contributed by atoms with Crippen LogP contribution in [0.4, 0.5) is 0 Å². The Bertz CT molecular complexity index is 1120. The average molecular weight is 696 g/mol. The molecule has 0 aliphatic rings. The summed E-state index contributed by atoms with van der Waals surface area (Å²) in [5, 5.41) is 21.1. The van der Waals surface area contributed by atoms with Crippen molar-refractivity contribution in [2.45, 2.75) is 96.4 Å². The minimum atomic E-state index is -1.59. The van der Waals surface area contributed by atoms with Crippen LogP contribution in [0.15, 0.2) is 109 Å². The number of aliphatic hydroxyl groups is 1. The molecule has 0 bridgehead atoms. The SMILES string of the molecule is CC/C=C\C/C=C\C/C=C\C/C=C\C/C=C\C/C=C\C/C=C\C/C=C\C/C=C\CCCC(=O)OCC(O)COC(OCC[N+](C)(C)C)C(=O)[O-]. The van der Waals surface area contributed by atoms with Crippen molar-refractivity contribution in [2.24, 2.45) is 0 Å². The second-order valence-electron chi connectivity index (χ2n) is 12.6. The molecule has 0 radical (unpaired) electrons. The van der Waals surface area contributed by atoms with Crippen molar-refractivity contribution in [1.82, 2.24) is 0 Å². The van der Waals surface area contributed by atoms with Crippen LogP contribution >= 0.6 is 0 Å². The molecule has 0 aliphatic heterocycles. The van der Waals surface area contributed by atoms with E-state index in [9.17, 15) is 19.8 Å². The zero-order chi connectivity index (χ0) is 37.0. The van der Waals surface area contributed by atoms with Gasteiger partial charge in [0.15, 0.2) is 6.29 Å². The normalized spacial score (nSPS) is 14.5. The van der Waals surface area contributed by atoms with Crippen molar-refractivity contribution < 1.29 is 38.5 Å². The quantitative estimate of drug-likeness (QED) is 0.0265. The number of hydrogen-bond acceptors (Lipinski definition) is 7. The number of carboxylic acid groups (broad SMARTS) is 1. The third kappa shape index (κ3) is 35.7. The van der Waals surface area contributed by atoms with E-state index in [1.54, 1.807) is 0 Å². The lowest BCUT2D eigenvalue weighted by molar-refractivity contribution is -0.870. The van der Waals surface area contributed by atoms with Crippen molar-refractivity contribution in [3.63, 3.8) is 0 Å². The van der Waals surface area contributed by atoms with E-state index < -0.39 is 24.3 Å². The average Bonchev–Trinajstić information content (AvgIpc) is 3.07. The van der Waals surface area contributed by atoms with Crippen LogP contribution in [0, 0.1) is 0 Å². The predicted molar refractivity (Wildman–Crippen MR) is 204 cm³/mol. The molecule has 0 amide bonds. The molecule has 0 spiro atoms. The number of hydrogen-bond donors (Lipinski definition) is 1. The van der Waals surface area contributed by atoms with Gasteiger partial charge in [0.05, 0.1) is 40.3 Å². The monoisotopic (exact) mass is 695 g/mol. The van der Waals surface area contributed by atoms with Gasteiger partial charge in [-0.3, -0.25) is 4.79 Å². The minimum Gasteiger partial charge on any atom is -0.545 e. The Morgan fingerprint density at radius 3 is 1.40 bits per heavy atom. The number of esters is 1. The van der Waals surface area contributed by atoms with Gasteiger partial charge < -0.3 is 33.7 Å². The molecule has 8 nitrogen and oxygen atoms in total. The highest BCUT2D eigenvalue weighted by atomic mass is 16.7. The van der Waals surface area contributed by atoms with Gasteiger partial charge in [0.25, 0.3) is 0 Å². The zero-order valence-corrected chi connectivity index (χ0v) is 31.2. The molecule has 0 aromatic rings. The van der Waals surface area contributed by atoms with Gasteiger partial charge >= 0.3 is 5.97 Å². The van der Waals surface area contributed by atoms with Gasteiger partial charge in [-0.2, -0.15) is 0 Å². The van der Waals surface area contributed by atoms with Gasteiger partial charge in [-0.15, -0.1) is 0 Å². The molecule has 0 saturated heterocycles. The van der Waals surface area contributed by atoms with E-state index in [0.717, 1.165) is 64.2 Å². The summed E-state index contributed by atoms with van der Waals surface area (Å²) < 4.78 is 15.9. The molecule has 0 aromatic heterocycles. The van der Waals surface area contributed by atoms with Crippen LogP contribution in [-0.4, -0.2) is 81.4 Å². The Kier molecular flexibility index (Phi) is 31.5. The van der Waals surface area contributed by atoms with Crippen LogP contribution in [-0.2, 0) is 23.8 Å². The highest BCUT2D eigenvalue weighted by Crippen LogP contribution is 2.04. The third-order valence-electron chi connectivity index (χ3n) is 6.77. The van der Waals surface area contributed by atoms with E-state index in [0.29, 0.717) is 17.4 Å². The number of allylic oxidation sites excluding steroid dienone is 18. The summed E-state index contributed by atoms with van der Waals surface area (Å²) in [6.07, 6.45) is 46.7. The van der Waals surface area contributed by atoms with Crippen molar-refractivity contribution in [1.29, 1.82) is 0 Å². The fourth-order valence-electron chi connectivity index (χ4n) is 3.94. The highest BCUT2D eigenvalue weighted by molar-refractivity contribution is 5.69. The van der Waals surface area contributed by atoms with E-state index in [4.69, 9.17) is 14.2 Å². The van der Waals surface area contributed by atoms with E-state index in [1.165, 1.54) is 0 Å². The molecule has 2 unspecified atom stereocenters. The first-order valence-electron chi connectivity index (χ1n) is 18.1. The van der Waals surface area contributed by atoms with E-state index in [1.807, 2.05) is 27.2 Å². The van der Waals surface area contributed by atoms with Crippen LogP contribution in [0.3, 0.4) is 0 Å². The maximum absolute atomic E-state index is 11.9. The molecular weight excluding hydrogens is 630 g/mol. The Labute approximate surface area is 303 Å². The maximum Gasteiger partial charge on any atom is 0.305 e. The summed E-state index contributed by atoms with van der Waals surface area (Å²) in [6, 6.07) is 0. The second kappa shape index (κ2) is 33.9. The van der Waals surface area contributed by atoms with Gasteiger partial charge in [-0.05, 0) is 70.6 Å². The zero-order valence-electron chi connectivity index (χ0n) is 31.2. The summed E-state index contributed by atoms with van der Waals surface area (Å²) in [6.45, 7) is 2.24. The number of quaternary nitrogens is 1. The fourth-order valence-corrected chi connectivity index (χ4v) is 3.94. The van der Waals surface area contributed by atoms with Gasteiger partial charge in [0.1, 0.15) is 19.3 Å². The Morgan fingerprint density at radius 2 is 1.02 bits per heavy atom. The number of carbonyl (C=O) groups is 2. The molecule has 0 aliphatic carbocycles. The molecule has 0 heterocycles. The van der Waals surface area contributed by atoms with E-state index >= 15 is 0 Å². The van der Waals surface area contributed by atoms with Crippen molar-refractivity contribution in [2.75, 3.05) is 47.5 Å². The molecule has 0 rings (SSSR count). The first-order chi connectivity index (χ1) is 24.2. The summed E-state index contributed by atoms with van der Waals surface area (Å²) in [7, 11) is 5.84. The Morgan fingerprint density at radius 1 is 0.620 bits per heavy atom. The Hall–Kier alpha value is -3.56. The van der Waals surface area contributed by atoms with Crippen LogP contribution in [0.1, 0.15) is 84.0 Å². The van der Waals surface area contributed by atoms with Crippen molar-refractivity contribution >= 4 is 11.9 Å².